The van der Waals surface area contributed by atoms with Crippen LogP contribution in [0.15, 0.2) is 29.2 Å². The van der Waals surface area contributed by atoms with Gasteiger partial charge in [-0.15, -0.1) is 0 Å². The number of sulfonamides is 1. The van der Waals surface area contributed by atoms with Gasteiger partial charge in [-0.2, -0.15) is 9.40 Å². The molecule has 1 aromatic heterocycles. The minimum atomic E-state index is -3.50. The van der Waals surface area contributed by atoms with Crippen molar-refractivity contribution in [3.63, 3.8) is 0 Å². The van der Waals surface area contributed by atoms with E-state index in [9.17, 15) is 8.42 Å². The predicted molar refractivity (Wildman–Crippen MR) is 111 cm³/mol. The van der Waals surface area contributed by atoms with Crippen LogP contribution in [0.1, 0.15) is 43.4 Å². The van der Waals surface area contributed by atoms with E-state index in [2.05, 4.69) is 15.1 Å². The van der Waals surface area contributed by atoms with Gasteiger partial charge < -0.3 is 0 Å². The minimum absolute atomic E-state index is 0.400. The van der Waals surface area contributed by atoms with Gasteiger partial charge >= 0.3 is 0 Å². The fourth-order valence-corrected chi connectivity index (χ4v) is 6.17. The number of piperazine rings is 1. The highest BCUT2D eigenvalue weighted by Crippen LogP contribution is 2.28. The molecule has 1 aromatic carbocycles. The number of nitrogens with one attached hydrogen (secondary N) is 1. The van der Waals surface area contributed by atoms with E-state index in [0.29, 0.717) is 24.0 Å². The smallest absolute Gasteiger partial charge is 0.243 e. The molecular formula is C21H30N4O2S. The van der Waals surface area contributed by atoms with Crippen LogP contribution in [0.25, 0.3) is 11.3 Å². The molecule has 1 aliphatic carbocycles. The summed E-state index contributed by atoms with van der Waals surface area (Å²) in [5, 5.41) is 7.20. The third-order valence-corrected chi connectivity index (χ3v) is 8.21. The van der Waals surface area contributed by atoms with Gasteiger partial charge in [0.05, 0.1) is 10.6 Å². The number of aryl methyl sites for hydroxylation is 2. The summed E-state index contributed by atoms with van der Waals surface area (Å²) in [5.41, 5.74) is 3.34. The first-order valence-electron chi connectivity index (χ1n) is 10.3. The average Bonchev–Trinajstić information content (AvgIpc) is 3.15. The number of rotatable bonds is 4. The molecule has 2 fully saturated rings. The van der Waals surface area contributed by atoms with Crippen LogP contribution < -0.4 is 0 Å². The van der Waals surface area contributed by atoms with Gasteiger partial charge in [0.1, 0.15) is 0 Å². The Morgan fingerprint density at radius 1 is 1.00 bits per heavy atom. The highest BCUT2D eigenvalue weighted by molar-refractivity contribution is 7.89. The molecule has 7 heteroatoms. The molecule has 28 heavy (non-hydrogen) atoms. The van der Waals surface area contributed by atoms with Crippen LogP contribution >= 0.6 is 0 Å². The van der Waals surface area contributed by atoms with E-state index in [1.54, 1.807) is 10.4 Å². The van der Waals surface area contributed by atoms with Crippen LogP contribution in [0.5, 0.6) is 0 Å². The molecule has 0 atom stereocenters. The van der Waals surface area contributed by atoms with Crippen molar-refractivity contribution in [1.29, 1.82) is 0 Å². The number of aromatic nitrogens is 2. The van der Waals surface area contributed by atoms with E-state index in [1.807, 2.05) is 32.0 Å². The van der Waals surface area contributed by atoms with Gasteiger partial charge in [-0.1, -0.05) is 31.4 Å². The van der Waals surface area contributed by atoms with E-state index in [1.165, 1.54) is 32.1 Å². The zero-order valence-electron chi connectivity index (χ0n) is 16.8. The summed E-state index contributed by atoms with van der Waals surface area (Å²) < 4.78 is 28.4. The molecule has 2 aromatic rings. The SMILES string of the molecule is Cc1cc(-c2ccc(C)c(S(=O)(=O)N3CCN(C4CCCCC4)CC3)c2)n[nH]1. The number of nitrogens with zero attached hydrogens (tertiary/aromatic N) is 3. The monoisotopic (exact) mass is 402 g/mol. The summed E-state index contributed by atoms with van der Waals surface area (Å²) in [4.78, 5) is 2.90. The highest BCUT2D eigenvalue weighted by Gasteiger charge is 2.32. The summed E-state index contributed by atoms with van der Waals surface area (Å²) in [6, 6.07) is 8.17. The van der Waals surface area contributed by atoms with Crippen LogP contribution in [-0.4, -0.2) is 60.0 Å². The van der Waals surface area contributed by atoms with Crippen molar-refractivity contribution in [3.05, 3.63) is 35.5 Å². The van der Waals surface area contributed by atoms with Crippen molar-refractivity contribution >= 4 is 10.0 Å². The Hall–Kier alpha value is -1.70. The lowest BCUT2D eigenvalue weighted by Gasteiger charge is -2.40. The first kappa shape index (κ1) is 19.6. The molecule has 1 saturated heterocycles. The number of benzene rings is 1. The average molecular weight is 403 g/mol. The number of hydrogen-bond acceptors (Lipinski definition) is 4. The Morgan fingerprint density at radius 3 is 2.36 bits per heavy atom. The standard InChI is InChI=1S/C21H30N4O2S/c1-16-8-9-18(20-14-17(2)22-23-20)15-21(16)28(26,27)25-12-10-24(11-13-25)19-6-4-3-5-7-19/h8-9,14-15,19H,3-7,10-13H2,1-2H3,(H,22,23). The van der Waals surface area contributed by atoms with Crippen LogP contribution in [0, 0.1) is 13.8 Å². The summed E-state index contributed by atoms with van der Waals surface area (Å²) in [6.45, 7) is 6.62. The molecular weight excluding hydrogens is 372 g/mol. The Labute approximate surface area is 168 Å². The topological polar surface area (TPSA) is 69.3 Å². The highest BCUT2D eigenvalue weighted by atomic mass is 32.2. The first-order valence-corrected chi connectivity index (χ1v) is 11.8. The van der Waals surface area contributed by atoms with Crippen LogP contribution in [-0.2, 0) is 10.0 Å². The molecule has 2 aliphatic rings. The van der Waals surface area contributed by atoms with Crippen LogP contribution in [0.3, 0.4) is 0 Å². The van der Waals surface area contributed by atoms with Gasteiger partial charge in [-0.25, -0.2) is 8.42 Å². The molecule has 4 rings (SSSR count). The zero-order valence-corrected chi connectivity index (χ0v) is 17.6. The van der Waals surface area contributed by atoms with Crippen LogP contribution in [0.4, 0.5) is 0 Å². The summed E-state index contributed by atoms with van der Waals surface area (Å²) in [7, 11) is -3.50. The van der Waals surface area contributed by atoms with Crippen molar-refractivity contribution < 1.29 is 8.42 Å². The number of hydrogen-bond donors (Lipinski definition) is 1. The Bertz CT molecular complexity index is 924. The van der Waals surface area contributed by atoms with Crippen molar-refractivity contribution in [2.45, 2.75) is 56.9 Å². The molecule has 0 spiro atoms. The van der Waals surface area contributed by atoms with E-state index in [-0.39, 0.29) is 0 Å². The Kier molecular flexibility index (Phi) is 5.58. The maximum atomic E-state index is 13.4. The lowest BCUT2D eigenvalue weighted by Crippen LogP contribution is -2.52. The molecule has 0 radical (unpaired) electrons. The van der Waals surface area contributed by atoms with Crippen molar-refractivity contribution in [1.82, 2.24) is 19.4 Å². The van der Waals surface area contributed by atoms with E-state index >= 15 is 0 Å². The zero-order chi connectivity index (χ0) is 19.7. The second kappa shape index (κ2) is 7.97. The molecule has 6 nitrogen and oxygen atoms in total. The number of H-pyrrole nitrogens is 1. The van der Waals surface area contributed by atoms with Gasteiger partial charge in [0.25, 0.3) is 0 Å². The summed E-state index contributed by atoms with van der Waals surface area (Å²) >= 11 is 0. The second-order valence-electron chi connectivity index (χ2n) is 8.15. The van der Waals surface area contributed by atoms with Gasteiger partial charge in [-0.05, 0) is 44.4 Å². The van der Waals surface area contributed by atoms with Gasteiger partial charge in [0.2, 0.25) is 10.0 Å². The van der Waals surface area contributed by atoms with Gasteiger partial charge in [-0.3, -0.25) is 10.00 Å². The van der Waals surface area contributed by atoms with E-state index < -0.39 is 10.0 Å². The van der Waals surface area contributed by atoms with E-state index in [0.717, 1.165) is 35.6 Å². The maximum absolute atomic E-state index is 13.4. The normalized spacial score (nSPS) is 20.5. The molecule has 0 unspecified atom stereocenters. The summed E-state index contributed by atoms with van der Waals surface area (Å²) in [5.74, 6) is 0. The first-order chi connectivity index (χ1) is 13.4. The Morgan fingerprint density at radius 2 is 1.71 bits per heavy atom. The maximum Gasteiger partial charge on any atom is 0.243 e. The van der Waals surface area contributed by atoms with E-state index in [4.69, 9.17) is 0 Å². The molecule has 1 aliphatic heterocycles. The lowest BCUT2D eigenvalue weighted by atomic mass is 9.94. The van der Waals surface area contributed by atoms with Crippen molar-refractivity contribution in [3.8, 4) is 11.3 Å². The van der Waals surface area contributed by atoms with Crippen LogP contribution in [0.2, 0.25) is 0 Å². The second-order valence-corrected chi connectivity index (χ2v) is 10.1. The fourth-order valence-electron chi connectivity index (χ4n) is 4.50. The lowest BCUT2D eigenvalue weighted by molar-refractivity contribution is 0.111. The predicted octanol–water partition coefficient (Wildman–Crippen LogP) is 3.33. The quantitative estimate of drug-likeness (QED) is 0.852. The molecule has 152 valence electrons. The molecule has 1 N–H and O–H groups in total. The van der Waals surface area contributed by atoms with Gasteiger partial charge in [0, 0.05) is 43.5 Å². The fraction of sp³-hybridized carbons (Fsp3) is 0.571. The van der Waals surface area contributed by atoms with Crippen molar-refractivity contribution in [2.75, 3.05) is 26.2 Å². The number of aromatic amines is 1. The molecule has 2 heterocycles. The third kappa shape index (κ3) is 3.88. The van der Waals surface area contributed by atoms with Gasteiger partial charge in [0.15, 0.2) is 0 Å². The molecule has 1 saturated carbocycles. The molecule has 0 amide bonds. The third-order valence-electron chi connectivity index (χ3n) is 6.17. The largest absolute Gasteiger partial charge is 0.298 e. The molecule has 0 bridgehead atoms. The Balaban J connectivity index is 1.52. The van der Waals surface area contributed by atoms with Crippen molar-refractivity contribution in [2.24, 2.45) is 0 Å². The summed E-state index contributed by atoms with van der Waals surface area (Å²) in [6.07, 6.45) is 6.48. The minimum Gasteiger partial charge on any atom is -0.298 e.